The molecule has 0 spiro atoms. The molecule has 2 N–H and O–H groups in total. The number of nitrogens with zero attached hydrogens (tertiary/aromatic N) is 2. The highest BCUT2D eigenvalue weighted by Crippen LogP contribution is 2.31. The monoisotopic (exact) mass is 323 g/mol. The molecule has 1 saturated heterocycles. The van der Waals surface area contributed by atoms with Crippen molar-refractivity contribution < 1.29 is 8.42 Å². The van der Waals surface area contributed by atoms with E-state index in [0.29, 0.717) is 16.6 Å². The lowest BCUT2D eigenvalue weighted by molar-refractivity contribution is 0.395. The third kappa shape index (κ3) is 2.49. The van der Waals surface area contributed by atoms with E-state index in [1.54, 1.807) is 49.3 Å². The zero-order valence-corrected chi connectivity index (χ0v) is 13.3. The minimum Gasteiger partial charge on any atom is -0.398 e. The number of anilines is 1. The van der Waals surface area contributed by atoms with Gasteiger partial charge in [-0.15, -0.1) is 0 Å². The van der Waals surface area contributed by atoms with Crippen molar-refractivity contribution >= 4 is 38.4 Å². The topological polar surface area (TPSA) is 76.3 Å². The Labute approximate surface area is 128 Å². The van der Waals surface area contributed by atoms with E-state index >= 15 is 0 Å². The predicted molar refractivity (Wildman–Crippen MR) is 86.8 cm³/mol. The molecule has 5 nitrogen and oxygen atoms in total. The molecule has 1 unspecified atom stereocenters. The molecule has 1 atom stereocenters. The Morgan fingerprint density at radius 3 is 2.90 bits per heavy atom. The molecule has 2 heterocycles. The van der Waals surface area contributed by atoms with Gasteiger partial charge in [0.15, 0.2) is 0 Å². The number of thioether (sulfide) groups is 1. The second-order valence-electron chi connectivity index (χ2n) is 5.09. The Balaban J connectivity index is 2.13. The Bertz CT molecular complexity index is 771. The van der Waals surface area contributed by atoms with E-state index in [1.165, 1.54) is 4.31 Å². The van der Waals surface area contributed by atoms with Gasteiger partial charge in [0.2, 0.25) is 10.0 Å². The maximum Gasteiger partial charge on any atom is 0.245 e. The summed E-state index contributed by atoms with van der Waals surface area (Å²) in [5, 5.41) is 0.674. The molecule has 0 amide bonds. The summed E-state index contributed by atoms with van der Waals surface area (Å²) < 4.78 is 27.2. The van der Waals surface area contributed by atoms with Crippen molar-refractivity contribution in [2.45, 2.75) is 17.4 Å². The van der Waals surface area contributed by atoms with E-state index in [9.17, 15) is 8.42 Å². The van der Waals surface area contributed by atoms with E-state index in [4.69, 9.17) is 5.73 Å². The number of pyridine rings is 1. The van der Waals surface area contributed by atoms with Gasteiger partial charge >= 0.3 is 0 Å². The second-order valence-corrected chi connectivity index (χ2v) is 8.21. The Morgan fingerprint density at radius 2 is 2.19 bits per heavy atom. The van der Waals surface area contributed by atoms with Crippen LogP contribution in [0.3, 0.4) is 0 Å². The molecule has 1 aliphatic heterocycles. The average Bonchev–Trinajstić information content (AvgIpc) is 3.01. The van der Waals surface area contributed by atoms with Gasteiger partial charge in [-0.25, -0.2) is 8.42 Å². The van der Waals surface area contributed by atoms with Gasteiger partial charge < -0.3 is 5.73 Å². The van der Waals surface area contributed by atoms with Crippen LogP contribution in [-0.4, -0.2) is 42.3 Å². The van der Waals surface area contributed by atoms with Crippen LogP contribution in [0.5, 0.6) is 0 Å². The number of nitrogens with two attached hydrogens (primary N) is 1. The van der Waals surface area contributed by atoms with Gasteiger partial charge in [0, 0.05) is 36.1 Å². The second kappa shape index (κ2) is 5.47. The van der Waals surface area contributed by atoms with Crippen molar-refractivity contribution in [2.24, 2.45) is 0 Å². The van der Waals surface area contributed by atoms with Gasteiger partial charge in [0.05, 0.1) is 5.52 Å². The zero-order valence-electron chi connectivity index (χ0n) is 11.7. The van der Waals surface area contributed by atoms with E-state index in [2.05, 4.69) is 4.98 Å². The molecule has 112 valence electrons. The minimum absolute atomic E-state index is 0.0521. The summed E-state index contributed by atoms with van der Waals surface area (Å²) in [7, 11) is -1.91. The molecule has 1 aromatic heterocycles. The summed E-state index contributed by atoms with van der Waals surface area (Å²) in [5.41, 5.74) is 6.89. The molecule has 0 saturated carbocycles. The number of fused-ring (bicyclic) bond motifs is 1. The molecule has 0 radical (unpaired) electrons. The van der Waals surface area contributed by atoms with Crippen molar-refractivity contribution in [3.8, 4) is 0 Å². The van der Waals surface area contributed by atoms with Gasteiger partial charge in [-0.05, 0) is 36.4 Å². The first-order chi connectivity index (χ1) is 10.0. The molecule has 0 bridgehead atoms. The third-order valence-electron chi connectivity index (χ3n) is 3.84. The highest BCUT2D eigenvalue weighted by atomic mass is 32.2. The fraction of sp³-hybridized carbons (Fsp3) is 0.357. The molecule has 1 aromatic carbocycles. The lowest BCUT2D eigenvalue weighted by Crippen LogP contribution is -2.37. The summed E-state index contributed by atoms with van der Waals surface area (Å²) in [6, 6.07) is 6.79. The first-order valence-electron chi connectivity index (χ1n) is 6.71. The molecule has 7 heteroatoms. The van der Waals surface area contributed by atoms with E-state index < -0.39 is 10.0 Å². The minimum atomic E-state index is -3.56. The first kappa shape index (κ1) is 14.6. The maximum atomic E-state index is 12.9. The molecule has 21 heavy (non-hydrogen) atoms. The molecule has 3 rings (SSSR count). The highest BCUT2D eigenvalue weighted by molar-refractivity contribution is 7.99. The van der Waals surface area contributed by atoms with Crippen LogP contribution in [0, 0.1) is 0 Å². The van der Waals surface area contributed by atoms with Crippen molar-refractivity contribution in [2.75, 3.05) is 24.3 Å². The number of hydrogen-bond donors (Lipinski definition) is 1. The Hall–Kier alpha value is -1.31. The van der Waals surface area contributed by atoms with Gasteiger partial charge in [-0.1, -0.05) is 0 Å². The zero-order chi connectivity index (χ0) is 15.0. The van der Waals surface area contributed by atoms with Gasteiger partial charge in [-0.3, -0.25) is 4.98 Å². The summed E-state index contributed by atoms with van der Waals surface area (Å²) in [4.78, 5) is 4.45. The van der Waals surface area contributed by atoms with E-state index in [1.807, 2.05) is 0 Å². The smallest absolute Gasteiger partial charge is 0.245 e. The van der Waals surface area contributed by atoms with E-state index in [-0.39, 0.29) is 10.9 Å². The normalized spacial score (nSPS) is 19.4. The summed E-state index contributed by atoms with van der Waals surface area (Å²) in [6.07, 6.45) is 2.48. The SMILES string of the molecule is CN(C1CCSC1)S(=O)(=O)c1ccc(N)c2cccnc12. The van der Waals surface area contributed by atoms with Gasteiger partial charge in [0.1, 0.15) is 4.90 Å². The van der Waals surface area contributed by atoms with Crippen LogP contribution in [-0.2, 0) is 10.0 Å². The fourth-order valence-electron chi connectivity index (χ4n) is 2.54. The largest absolute Gasteiger partial charge is 0.398 e. The third-order valence-corrected chi connectivity index (χ3v) is 6.93. The number of rotatable bonds is 3. The van der Waals surface area contributed by atoms with Crippen molar-refractivity contribution in [1.82, 2.24) is 9.29 Å². The maximum absolute atomic E-state index is 12.9. The standard InChI is InChI=1S/C14H17N3O2S2/c1-17(10-6-8-20-9-10)21(18,19)13-5-4-12(15)11-3-2-7-16-14(11)13/h2-5,7,10H,6,8-9,15H2,1H3. The fourth-order valence-corrected chi connectivity index (χ4v) is 5.43. The quantitative estimate of drug-likeness (QED) is 0.874. The molecule has 1 aliphatic rings. The molecule has 2 aromatic rings. The number of aromatic nitrogens is 1. The van der Waals surface area contributed by atoms with Crippen LogP contribution in [0.4, 0.5) is 5.69 Å². The number of benzene rings is 1. The average molecular weight is 323 g/mol. The van der Waals surface area contributed by atoms with Gasteiger partial charge in [-0.2, -0.15) is 16.1 Å². The Kier molecular flexibility index (Phi) is 3.81. The van der Waals surface area contributed by atoms with Crippen LogP contribution in [0.1, 0.15) is 6.42 Å². The number of sulfonamides is 1. The number of hydrogen-bond acceptors (Lipinski definition) is 5. The lowest BCUT2D eigenvalue weighted by atomic mass is 10.2. The van der Waals surface area contributed by atoms with Crippen molar-refractivity contribution in [3.05, 3.63) is 30.5 Å². The summed E-state index contributed by atoms with van der Waals surface area (Å²) in [5.74, 6) is 1.85. The van der Waals surface area contributed by atoms with Crippen molar-refractivity contribution in [1.29, 1.82) is 0 Å². The molecule has 1 fully saturated rings. The van der Waals surface area contributed by atoms with Crippen LogP contribution < -0.4 is 5.73 Å². The highest BCUT2D eigenvalue weighted by Gasteiger charge is 2.31. The molecular weight excluding hydrogens is 306 g/mol. The Morgan fingerprint density at radius 1 is 1.38 bits per heavy atom. The summed E-state index contributed by atoms with van der Waals surface area (Å²) in [6.45, 7) is 0. The van der Waals surface area contributed by atoms with Crippen LogP contribution in [0.15, 0.2) is 35.4 Å². The molecular formula is C14H17N3O2S2. The van der Waals surface area contributed by atoms with Crippen LogP contribution in [0.2, 0.25) is 0 Å². The first-order valence-corrected chi connectivity index (χ1v) is 9.30. The molecule has 0 aliphatic carbocycles. The summed E-state index contributed by atoms with van der Waals surface area (Å²) >= 11 is 1.79. The lowest BCUT2D eigenvalue weighted by Gasteiger charge is -2.23. The number of nitrogen functional groups attached to an aromatic ring is 1. The van der Waals surface area contributed by atoms with Crippen LogP contribution >= 0.6 is 11.8 Å². The predicted octanol–water partition coefficient (Wildman–Crippen LogP) is 1.94. The van der Waals surface area contributed by atoms with Crippen molar-refractivity contribution in [3.63, 3.8) is 0 Å². The van der Waals surface area contributed by atoms with Crippen LogP contribution in [0.25, 0.3) is 10.9 Å². The van der Waals surface area contributed by atoms with Gasteiger partial charge in [0.25, 0.3) is 0 Å². The van der Waals surface area contributed by atoms with E-state index in [0.717, 1.165) is 17.9 Å².